The van der Waals surface area contributed by atoms with Crippen molar-refractivity contribution in [3.8, 4) is 0 Å². The molecular formula is C18H15ClN6O4S2. The van der Waals surface area contributed by atoms with Gasteiger partial charge >= 0.3 is 0 Å². The number of azo groups is 1. The van der Waals surface area contributed by atoms with Gasteiger partial charge in [-0.25, -0.2) is 8.42 Å². The van der Waals surface area contributed by atoms with Crippen molar-refractivity contribution in [2.24, 2.45) is 10.2 Å². The minimum Gasteiger partial charge on any atom is -0.324 e. The fraction of sp³-hybridized carbons (Fsp3) is 0.111. The number of Topliss-reactive ketones (excluding diaryl/α,β-unsaturated/α-hetero) is 1. The maximum absolute atomic E-state index is 12.4. The van der Waals surface area contributed by atoms with Crippen LogP contribution in [0.2, 0.25) is 5.02 Å². The number of nitrogens with one attached hydrogen (secondary N) is 2. The molecule has 0 radical (unpaired) electrons. The van der Waals surface area contributed by atoms with E-state index < -0.39 is 27.8 Å². The molecule has 0 aliphatic carbocycles. The van der Waals surface area contributed by atoms with Gasteiger partial charge in [0.1, 0.15) is 5.51 Å². The van der Waals surface area contributed by atoms with Crippen LogP contribution in [-0.4, -0.2) is 36.3 Å². The Morgan fingerprint density at radius 1 is 1.10 bits per heavy atom. The monoisotopic (exact) mass is 478 g/mol. The predicted molar refractivity (Wildman–Crippen MR) is 116 cm³/mol. The third-order valence-electron chi connectivity index (χ3n) is 3.76. The van der Waals surface area contributed by atoms with E-state index in [4.69, 9.17) is 11.6 Å². The van der Waals surface area contributed by atoms with Gasteiger partial charge in [0.25, 0.3) is 15.9 Å². The van der Waals surface area contributed by atoms with Gasteiger partial charge < -0.3 is 5.32 Å². The molecule has 10 nitrogen and oxygen atoms in total. The number of sulfonamides is 1. The van der Waals surface area contributed by atoms with Crippen LogP contribution in [0.5, 0.6) is 0 Å². The molecule has 2 N–H and O–H groups in total. The highest BCUT2D eigenvalue weighted by atomic mass is 35.5. The normalized spacial score (nSPS) is 12.5. The Bertz CT molecular complexity index is 1200. The number of halogens is 1. The number of benzene rings is 2. The van der Waals surface area contributed by atoms with Crippen LogP contribution in [0.15, 0.2) is 69.2 Å². The second-order valence-corrected chi connectivity index (χ2v) is 9.02. The lowest BCUT2D eigenvalue weighted by Crippen LogP contribution is -2.31. The summed E-state index contributed by atoms with van der Waals surface area (Å²) >= 11 is 6.85. The van der Waals surface area contributed by atoms with E-state index in [9.17, 15) is 18.0 Å². The van der Waals surface area contributed by atoms with Crippen molar-refractivity contribution in [2.45, 2.75) is 17.9 Å². The largest absolute Gasteiger partial charge is 0.324 e. The van der Waals surface area contributed by atoms with Crippen molar-refractivity contribution < 1.29 is 18.0 Å². The van der Waals surface area contributed by atoms with Gasteiger partial charge in [-0.2, -0.15) is 10.2 Å². The van der Waals surface area contributed by atoms with Crippen LogP contribution in [0.1, 0.15) is 6.92 Å². The van der Waals surface area contributed by atoms with Gasteiger partial charge in [0.15, 0.2) is 5.78 Å². The summed E-state index contributed by atoms with van der Waals surface area (Å²) in [7, 11) is -3.84. The molecule has 3 rings (SSSR count). The van der Waals surface area contributed by atoms with E-state index >= 15 is 0 Å². The summed E-state index contributed by atoms with van der Waals surface area (Å²) in [4.78, 5) is 24.2. The van der Waals surface area contributed by atoms with Crippen LogP contribution < -0.4 is 10.0 Å². The van der Waals surface area contributed by atoms with Crippen LogP contribution in [-0.2, 0) is 19.6 Å². The first-order valence-electron chi connectivity index (χ1n) is 8.61. The van der Waals surface area contributed by atoms with E-state index in [0.717, 1.165) is 11.3 Å². The fourth-order valence-corrected chi connectivity index (χ4v) is 4.09. The number of amides is 1. The third kappa shape index (κ3) is 6.13. The molecular weight excluding hydrogens is 464 g/mol. The molecule has 2 aromatic carbocycles. The van der Waals surface area contributed by atoms with Gasteiger partial charge in [-0.1, -0.05) is 22.9 Å². The lowest BCUT2D eigenvalue weighted by atomic mass is 10.2. The third-order valence-corrected chi connectivity index (χ3v) is 6.11. The van der Waals surface area contributed by atoms with Gasteiger partial charge in [0, 0.05) is 10.7 Å². The number of anilines is 2. The molecule has 1 atom stereocenters. The summed E-state index contributed by atoms with van der Waals surface area (Å²) in [5.41, 5.74) is 2.12. The van der Waals surface area contributed by atoms with Crippen LogP contribution in [0.25, 0.3) is 0 Å². The molecule has 31 heavy (non-hydrogen) atoms. The van der Waals surface area contributed by atoms with Gasteiger partial charge in [0.2, 0.25) is 11.2 Å². The zero-order chi connectivity index (χ0) is 22.4. The molecule has 0 bridgehead atoms. The number of rotatable bonds is 8. The van der Waals surface area contributed by atoms with Gasteiger partial charge in [-0.15, -0.1) is 10.2 Å². The predicted octanol–water partition coefficient (Wildman–Crippen LogP) is 3.67. The number of hydrogen-bond acceptors (Lipinski definition) is 9. The first-order chi connectivity index (χ1) is 14.7. The molecule has 1 unspecified atom stereocenters. The molecule has 0 spiro atoms. The number of carbonyl (C=O) groups is 2. The topological polar surface area (TPSA) is 143 Å². The summed E-state index contributed by atoms with van der Waals surface area (Å²) in [6.45, 7) is 1.22. The average molecular weight is 479 g/mol. The van der Waals surface area contributed by atoms with Gasteiger partial charge in [-0.05, 0) is 55.5 Å². The van der Waals surface area contributed by atoms with Crippen molar-refractivity contribution in [1.29, 1.82) is 0 Å². The molecule has 3 aromatic rings. The summed E-state index contributed by atoms with van der Waals surface area (Å²) in [6, 6.07) is 10.4. The molecule has 1 aromatic heterocycles. The zero-order valence-electron chi connectivity index (χ0n) is 15.9. The highest BCUT2D eigenvalue weighted by Crippen LogP contribution is 2.21. The first kappa shape index (κ1) is 22.5. The van der Waals surface area contributed by atoms with E-state index in [-0.39, 0.29) is 15.7 Å². The van der Waals surface area contributed by atoms with E-state index in [1.807, 2.05) is 0 Å². The minimum absolute atomic E-state index is 0.0229. The average Bonchev–Trinajstić information content (AvgIpc) is 3.22. The SMILES string of the molecule is CC(=O)C(N=Nc1ccc(S(=O)(=O)Nc2nncs2)cc1)C(=O)Nc1ccc(Cl)cc1. The summed E-state index contributed by atoms with van der Waals surface area (Å²) < 4.78 is 26.9. The Morgan fingerprint density at radius 2 is 1.77 bits per heavy atom. The van der Waals surface area contributed by atoms with Crippen molar-refractivity contribution >= 4 is 61.2 Å². The minimum atomic E-state index is -3.84. The second-order valence-electron chi connectivity index (χ2n) is 6.07. The van der Waals surface area contributed by atoms with Crippen LogP contribution in [0.4, 0.5) is 16.5 Å². The Kier molecular flexibility index (Phi) is 7.05. The van der Waals surface area contributed by atoms with Crippen molar-refractivity contribution in [2.75, 3.05) is 10.0 Å². The summed E-state index contributed by atoms with van der Waals surface area (Å²) in [5, 5.41) is 18.1. The van der Waals surface area contributed by atoms with Crippen molar-refractivity contribution in [1.82, 2.24) is 10.2 Å². The van der Waals surface area contributed by atoms with E-state index in [0.29, 0.717) is 10.7 Å². The Hall–Kier alpha value is -3.22. The number of nitrogens with zero attached hydrogens (tertiary/aromatic N) is 4. The molecule has 0 fully saturated rings. The molecule has 1 amide bonds. The van der Waals surface area contributed by atoms with Crippen molar-refractivity contribution in [3.63, 3.8) is 0 Å². The molecule has 0 aliphatic rings. The fourth-order valence-electron chi connectivity index (χ4n) is 2.27. The highest BCUT2D eigenvalue weighted by molar-refractivity contribution is 7.93. The van der Waals surface area contributed by atoms with Crippen molar-refractivity contribution in [3.05, 3.63) is 59.1 Å². The lowest BCUT2D eigenvalue weighted by Gasteiger charge is -2.09. The Labute approximate surface area is 186 Å². The van der Waals surface area contributed by atoms with Crippen LogP contribution >= 0.6 is 22.9 Å². The smallest absolute Gasteiger partial charge is 0.263 e. The number of hydrogen-bond donors (Lipinski definition) is 2. The van der Waals surface area contributed by atoms with Crippen LogP contribution in [0, 0.1) is 0 Å². The maximum atomic E-state index is 12.4. The number of ketones is 1. The molecule has 0 aliphatic heterocycles. The van der Waals surface area contributed by atoms with E-state index in [1.165, 1.54) is 36.7 Å². The Balaban J connectivity index is 1.70. The zero-order valence-corrected chi connectivity index (χ0v) is 18.3. The maximum Gasteiger partial charge on any atom is 0.263 e. The number of carbonyl (C=O) groups excluding carboxylic acids is 2. The van der Waals surface area contributed by atoms with Gasteiger partial charge in [0.05, 0.1) is 10.6 Å². The molecule has 1 heterocycles. The molecule has 13 heteroatoms. The second kappa shape index (κ2) is 9.73. The summed E-state index contributed by atoms with van der Waals surface area (Å²) in [5.74, 6) is -1.16. The summed E-state index contributed by atoms with van der Waals surface area (Å²) in [6.07, 6.45) is 0. The van der Waals surface area contributed by atoms with Crippen LogP contribution in [0.3, 0.4) is 0 Å². The van der Waals surface area contributed by atoms with E-state index in [1.54, 1.807) is 24.3 Å². The molecule has 0 saturated heterocycles. The van der Waals surface area contributed by atoms with Gasteiger partial charge in [-0.3, -0.25) is 14.3 Å². The lowest BCUT2D eigenvalue weighted by molar-refractivity contribution is -0.126. The highest BCUT2D eigenvalue weighted by Gasteiger charge is 2.23. The molecule has 160 valence electrons. The Morgan fingerprint density at radius 3 is 2.35 bits per heavy atom. The standard InChI is InChI=1S/C18H15ClN6O4S2/c1-11(26)16(17(27)21-13-4-2-12(19)3-5-13)23-22-14-6-8-15(9-7-14)31(28,29)25-18-24-20-10-30-18/h2-10,16H,1H3,(H,21,27)(H,24,25). The quantitative estimate of drug-likeness (QED) is 0.373. The first-order valence-corrected chi connectivity index (χ1v) is 11.4. The number of aromatic nitrogens is 2. The molecule has 0 saturated carbocycles. The van der Waals surface area contributed by atoms with E-state index in [2.05, 4.69) is 30.5 Å².